The molecule has 0 radical (unpaired) electrons. The summed E-state index contributed by atoms with van der Waals surface area (Å²) < 4.78 is 48.2. The molecule has 6 nitrogen and oxygen atoms in total. The molecule has 5 atom stereocenters. The minimum Gasteiger partial charge on any atom is -0.497 e. The van der Waals surface area contributed by atoms with Crippen molar-refractivity contribution in [3.8, 4) is 5.75 Å². The molecule has 1 amide bonds. The first kappa shape index (κ1) is 26.4. The van der Waals surface area contributed by atoms with Crippen LogP contribution in [0, 0.1) is 23.7 Å². The summed E-state index contributed by atoms with van der Waals surface area (Å²) in [6, 6.07) is 9.11. The Balaban J connectivity index is 1.49. The molecule has 2 fully saturated rings. The quantitative estimate of drug-likeness (QED) is 0.492. The van der Waals surface area contributed by atoms with Crippen LogP contribution in [0.5, 0.6) is 5.75 Å². The van der Waals surface area contributed by atoms with E-state index < -0.39 is 40.6 Å². The van der Waals surface area contributed by atoms with Crippen LogP contribution in [0.3, 0.4) is 0 Å². The van der Waals surface area contributed by atoms with Crippen LogP contribution in [0.1, 0.15) is 61.0 Å². The zero-order valence-corrected chi connectivity index (χ0v) is 21.8. The zero-order chi connectivity index (χ0) is 27.4. The standard InChI is InChI=1S/C29H33F3N2O4/c1-16-10-18-12-17(2)28(27(36)37,20(11-16)13-18)33-26(35)23-6-4-21(15-24(23)29(30,31)32)34-9-8-19-14-22(38-3)5-7-25(19)34/h4-7,14-18,20H,8-13H2,1-3H3,(H,33,35)(H,36,37). The highest BCUT2D eigenvalue weighted by molar-refractivity contribution is 6.00. The normalized spacial score (nSPS) is 28.5. The number of alkyl halides is 3. The molecule has 1 heterocycles. The van der Waals surface area contributed by atoms with Gasteiger partial charge in [-0.1, -0.05) is 13.8 Å². The van der Waals surface area contributed by atoms with Crippen molar-refractivity contribution in [3.05, 3.63) is 53.1 Å². The van der Waals surface area contributed by atoms with Gasteiger partial charge in [-0.15, -0.1) is 0 Å². The molecule has 5 unspecified atom stereocenters. The fourth-order valence-electron chi connectivity index (χ4n) is 7.22. The molecule has 38 heavy (non-hydrogen) atoms. The molecule has 2 aromatic rings. The number of carboxylic acid groups (broad SMARTS) is 1. The monoisotopic (exact) mass is 530 g/mol. The van der Waals surface area contributed by atoms with Gasteiger partial charge in [0.25, 0.3) is 5.91 Å². The fraction of sp³-hybridized carbons (Fsp3) is 0.517. The third-order valence-corrected chi connectivity index (χ3v) is 8.87. The van der Waals surface area contributed by atoms with E-state index in [0.29, 0.717) is 55.5 Å². The van der Waals surface area contributed by atoms with E-state index >= 15 is 0 Å². The second-order valence-corrected chi connectivity index (χ2v) is 11.3. The smallest absolute Gasteiger partial charge is 0.417 e. The molecule has 204 valence electrons. The van der Waals surface area contributed by atoms with Gasteiger partial charge in [-0.05, 0) is 97.7 Å². The number of hydrogen-bond acceptors (Lipinski definition) is 4. The summed E-state index contributed by atoms with van der Waals surface area (Å²) in [5, 5.41) is 13.0. The predicted octanol–water partition coefficient (Wildman–Crippen LogP) is 6.05. The lowest BCUT2D eigenvalue weighted by atomic mass is 9.56. The molecule has 2 aromatic carbocycles. The summed E-state index contributed by atoms with van der Waals surface area (Å²) in [4.78, 5) is 27.9. The molecule has 2 saturated carbocycles. The van der Waals surface area contributed by atoms with Crippen LogP contribution in [0.25, 0.3) is 0 Å². The number of amides is 1. The van der Waals surface area contributed by atoms with Crippen molar-refractivity contribution in [2.75, 3.05) is 18.6 Å². The summed E-state index contributed by atoms with van der Waals surface area (Å²) >= 11 is 0. The Morgan fingerprint density at radius 3 is 2.53 bits per heavy atom. The Bertz CT molecular complexity index is 1260. The maximum atomic E-state index is 14.3. The number of hydrogen-bond donors (Lipinski definition) is 2. The number of benzene rings is 2. The number of methoxy groups -OCH3 is 1. The van der Waals surface area contributed by atoms with E-state index in [9.17, 15) is 27.9 Å². The van der Waals surface area contributed by atoms with Crippen molar-refractivity contribution in [2.24, 2.45) is 23.7 Å². The van der Waals surface area contributed by atoms with Gasteiger partial charge in [0.2, 0.25) is 0 Å². The van der Waals surface area contributed by atoms with E-state index in [-0.39, 0.29) is 5.92 Å². The van der Waals surface area contributed by atoms with Gasteiger partial charge < -0.3 is 20.1 Å². The molecule has 1 aliphatic heterocycles. The van der Waals surface area contributed by atoms with Crippen LogP contribution < -0.4 is 15.0 Å². The van der Waals surface area contributed by atoms with Crippen molar-refractivity contribution >= 4 is 23.3 Å². The number of carboxylic acids is 1. The highest BCUT2D eigenvalue weighted by atomic mass is 19.4. The molecule has 2 bridgehead atoms. The third kappa shape index (κ3) is 4.39. The number of nitrogens with zero attached hydrogens (tertiary/aromatic N) is 1. The van der Waals surface area contributed by atoms with Gasteiger partial charge >= 0.3 is 12.1 Å². The SMILES string of the molecule is COc1ccc2c(c1)CCN2c1ccc(C(=O)NC2(C(=O)O)C(C)CC3CC(C)CC2C3)c(C(F)(F)F)c1. The number of aliphatic carboxylic acids is 1. The summed E-state index contributed by atoms with van der Waals surface area (Å²) in [5.74, 6) is -1.55. The maximum Gasteiger partial charge on any atom is 0.417 e. The Kier molecular flexibility index (Phi) is 6.60. The number of carbonyl (C=O) groups is 2. The van der Waals surface area contributed by atoms with Gasteiger partial charge in [0.15, 0.2) is 0 Å². The summed E-state index contributed by atoms with van der Waals surface area (Å²) in [7, 11) is 1.56. The van der Waals surface area contributed by atoms with Crippen LogP contribution in [0.2, 0.25) is 0 Å². The molecule has 9 heteroatoms. The minimum absolute atomic E-state index is 0.301. The van der Waals surface area contributed by atoms with Crippen LogP contribution in [-0.2, 0) is 17.4 Å². The van der Waals surface area contributed by atoms with E-state index in [1.54, 1.807) is 25.0 Å². The van der Waals surface area contributed by atoms with E-state index in [1.165, 1.54) is 12.1 Å². The van der Waals surface area contributed by atoms with Crippen molar-refractivity contribution in [1.82, 2.24) is 5.32 Å². The van der Waals surface area contributed by atoms with Crippen molar-refractivity contribution < 1.29 is 32.6 Å². The number of ether oxygens (including phenoxy) is 1. The number of rotatable bonds is 5. The Morgan fingerprint density at radius 2 is 1.84 bits per heavy atom. The fourth-order valence-corrected chi connectivity index (χ4v) is 7.22. The van der Waals surface area contributed by atoms with E-state index in [0.717, 1.165) is 23.7 Å². The number of fused-ring (bicyclic) bond motifs is 3. The Hall–Kier alpha value is -3.23. The molecule has 3 aliphatic rings. The van der Waals surface area contributed by atoms with Gasteiger partial charge in [-0.25, -0.2) is 4.79 Å². The molecular weight excluding hydrogens is 497 g/mol. The Morgan fingerprint density at radius 1 is 1.08 bits per heavy atom. The lowest BCUT2D eigenvalue weighted by Crippen LogP contribution is -2.66. The molecule has 5 rings (SSSR count). The van der Waals surface area contributed by atoms with Crippen molar-refractivity contribution in [1.29, 1.82) is 0 Å². The second kappa shape index (κ2) is 9.50. The van der Waals surface area contributed by atoms with Gasteiger partial charge in [0.1, 0.15) is 11.3 Å². The van der Waals surface area contributed by atoms with Crippen molar-refractivity contribution in [3.63, 3.8) is 0 Å². The van der Waals surface area contributed by atoms with Gasteiger partial charge in [0, 0.05) is 17.9 Å². The summed E-state index contributed by atoms with van der Waals surface area (Å²) in [6.07, 6.45) is -1.24. The van der Waals surface area contributed by atoms with E-state index in [4.69, 9.17) is 4.74 Å². The molecule has 0 aromatic heterocycles. The van der Waals surface area contributed by atoms with Gasteiger partial charge in [-0.2, -0.15) is 13.2 Å². The van der Waals surface area contributed by atoms with Crippen LogP contribution in [-0.4, -0.2) is 36.2 Å². The van der Waals surface area contributed by atoms with Gasteiger partial charge in [-0.3, -0.25) is 4.79 Å². The average molecular weight is 531 g/mol. The van der Waals surface area contributed by atoms with Crippen molar-refractivity contribution in [2.45, 2.75) is 57.7 Å². The van der Waals surface area contributed by atoms with Gasteiger partial charge in [0.05, 0.1) is 18.2 Å². The van der Waals surface area contributed by atoms with E-state index in [2.05, 4.69) is 12.2 Å². The average Bonchev–Trinajstić information content (AvgIpc) is 3.28. The molecular formula is C29H33F3N2O4. The largest absolute Gasteiger partial charge is 0.497 e. The summed E-state index contributed by atoms with van der Waals surface area (Å²) in [5.41, 5.74) is -1.16. The summed E-state index contributed by atoms with van der Waals surface area (Å²) in [6.45, 7) is 4.35. The highest BCUT2D eigenvalue weighted by Crippen LogP contribution is 2.50. The number of carbonyl (C=O) groups excluding carboxylic acids is 1. The minimum atomic E-state index is -4.80. The van der Waals surface area contributed by atoms with Crippen LogP contribution in [0.15, 0.2) is 36.4 Å². The first-order valence-electron chi connectivity index (χ1n) is 13.2. The van der Waals surface area contributed by atoms with Crippen LogP contribution in [0.4, 0.5) is 24.5 Å². The lowest BCUT2D eigenvalue weighted by molar-refractivity contribution is -0.155. The molecule has 0 saturated heterocycles. The Labute approximate surface area is 220 Å². The highest BCUT2D eigenvalue weighted by Gasteiger charge is 2.57. The maximum absolute atomic E-state index is 14.3. The molecule has 0 spiro atoms. The predicted molar refractivity (Wildman–Crippen MR) is 137 cm³/mol. The third-order valence-electron chi connectivity index (χ3n) is 8.87. The molecule has 2 aliphatic carbocycles. The number of halogens is 3. The van der Waals surface area contributed by atoms with Crippen LogP contribution >= 0.6 is 0 Å². The zero-order valence-electron chi connectivity index (χ0n) is 21.8. The lowest BCUT2D eigenvalue weighted by Gasteiger charge is -2.52. The first-order valence-corrected chi connectivity index (χ1v) is 13.2. The topological polar surface area (TPSA) is 78.9 Å². The second-order valence-electron chi connectivity index (χ2n) is 11.3. The molecule has 2 N–H and O–H groups in total. The first-order chi connectivity index (χ1) is 17.9. The van der Waals surface area contributed by atoms with E-state index in [1.807, 2.05) is 12.1 Å². The number of anilines is 2. The number of nitrogens with one attached hydrogen (secondary N) is 1.